The minimum Gasteiger partial charge on any atom is -0.486 e. The molecule has 0 saturated carbocycles. The molecule has 6 heteroatoms. The van der Waals surface area contributed by atoms with Crippen LogP contribution in [0.25, 0.3) is 0 Å². The van der Waals surface area contributed by atoms with Crippen molar-refractivity contribution in [3.8, 4) is 17.2 Å². The fraction of sp³-hybridized carbons (Fsp3) is 0.235. The molecular weight excluding hydrogens is 362 g/mol. The van der Waals surface area contributed by atoms with E-state index in [1.165, 1.54) is 0 Å². The van der Waals surface area contributed by atoms with Gasteiger partial charge >= 0.3 is 0 Å². The maximum Gasteiger partial charge on any atom is 0.265 e. The number of benzene rings is 2. The lowest BCUT2D eigenvalue weighted by Gasteiger charge is -2.19. The molecule has 0 bridgehead atoms. The van der Waals surface area contributed by atoms with Crippen LogP contribution < -0.4 is 19.5 Å². The predicted octanol–water partition coefficient (Wildman–Crippen LogP) is 3.63. The van der Waals surface area contributed by atoms with Gasteiger partial charge in [-0.15, -0.1) is 0 Å². The number of rotatable bonds is 4. The summed E-state index contributed by atoms with van der Waals surface area (Å²) >= 11 is 3.36. The summed E-state index contributed by atoms with van der Waals surface area (Å²) in [4.78, 5) is 12.2. The summed E-state index contributed by atoms with van der Waals surface area (Å²) in [7, 11) is 0. The van der Waals surface area contributed by atoms with Crippen molar-refractivity contribution in [1.29, 1.82) is 0 Å². The van der Waals surface area contributed by atoms with Crippen molar-refractivity contribution in [3.63, 3.8) is 0 Å². The molecule has 0 aromatic heterocycles. The topological polar surface area (TPSA) is 56.8 Å². The van der Waals surface area contributed by atoms with Gasteiger partial charge in [0.2, 0.25) is 0 Å². The molecule has 0 radical (unpaired) electrons. The van der Waals surface area contributed by atoms with Gasteiger partial charge in [0.25, 0.3) is 5.91 Å². The number of hydrogen-bond acceptors (Lipinski definition) is 4. The van der Waals surface area contributed by atoms with Crippen molar-refractivity contribution in [2.24, 2.45) is 0 Å². The van der Waals surface area contributed by atoms with E-state index < -0.39 is 6.10 Å². The van der Waals surface area contributed by atoms with E-state index >= 15 is 0 Å². The van der Waals surface area contributed by atoms with E-state index in [2.05, 4.69) is 21.2 Å². The Balaban J connectivity index is 1.63. The van der Waals surface area contributed by atoms with Crippen LogP contribution in [-0.2, 0) is 4.79 Å². The SMILES string of the molecule is C[C@@H](Oc1ccc(Br)cc1)C(=O)Nc1ccc2c(c1)OCCO2. The van der Waals surface area contributed by atoms with Crippen LogP contribution in [0.3, 0.4) is 0 Å². The molecule has 1 heterocycles. The zero-order chi connectivity index (χ0) is 16.2. The number of amides is 1. The molecule has 23 heavy (non-hydrogen) atoms. The van der Waals surface area contributed by atoms with Crippen LogP contribution in [0.5, 0.6) is 17.2 Å². The second-order valence-electron chi connectivity index (χ2n) is 5.06. The van der Waals surface area contributed by atoms with Gasteiger partial charge in [-0.25, -0.2) is 0 Å². The highest BCUT2D eigenvalue weighted by molar-refractivity contribution is 9.10. The van der Waals surface area contributed by atoms with Crippen molar-refractivity contribution in [1.82, 2.24) is 0 Å². The molecule has 0 aliphatic carbocycles. The van der Waals surface area contributed by atoms with Crippen molar-refractivity contribution in [2.75, 3.05) is 18.5 Å². The van der Waals surface area contributed by atoms with Gasteiger partial charge in [0.05, 0.1) is 0 Å². The number of hydrogen-bond donors (Lipinski definition) is 1. The minimum atomic E-state index is -0.621. The van der Waals surface area contributed by atoms with Crippen LogP contribution in [0.1, 0.15) is 6.92 Å². The molecule has 0 spiro atoms. The number of halogens is 1. The van der Waals surface area contributed by atoms with Crippen molar-refractivity contribution in [2.45, 2.75) is 13.0 Å². The second-order valence-corrected chi connectivity index (χ2v) is 5.98. The van der Waals surface area contributed by atoms with Crippen LogP contribution in [0.4, 0.5) is 5.69 Å². The number of nitrogens with one attached hydrogen (secondary N) is 1. The van der Waals surface area contributed by atoms with E-state index in [1.807, 2.05) is 12.1 Å². The third-order valence-corrected chi connectivity index (χ3v) is 3.83. The average Bonchev–Trinajstić information content (AvgIpc) is 2.56. The predicted molar refractivity (Wildman–Crippen MR) is 90.3 cm³/mol. The van der Waals surface area contributed by atoms with Crippen LogP contribution in [0.2, 0.25) is 0 Å². The molecule has 1 aliphatic heterocycles. The molecule has 0 unspecified atom stereocenters. The van der Waals surface area contributed by atoms with Gasteiger partial charge in [-0.1, -0.05) is 15.9 Å². The molecule has 120 valence electrons. The second kappa shape index (κ2) is 6.91. The monoisotopic (exact) mass is 377 g/mol. The Hall–Kier alpha value is -2.21. The first-order chi connectivity index (χ1) is 11.1. The molecule has 1 amide bonds. The van der Waals surface area contributed by atoms with E-state index in [0.29, 0.717) is 36.1 Å². The number of anilines is 1. The van der Waals surface area contributed by atoms with Crippen LogP contribution in [0, 0.1) is 0 Å². The molecule has 1 N–H and O–H groups in total. The van der Waals surface area contributed by atoms with Gasteiger partial charge in [0, 0.05) is 16.2 Å². The fourth-order valence-corrected chi connectivity index (χ4v) is 2.40. The first-order valence-electron chi connectivity index (χ1n) is 7.24. The molecular formula is C17H16BrNO4. The van der Waals surface area contributed by atoms with Gasteiger partial charge in [0.1, 0.15) is 19.0 Å². The summed E-state index contributed by atoms with van der Waals surface area (Å²) in [5, 5.41) is 2.81. The highest BCUT2D eigenvalue weighted by Gasteiger charge is 2.17. The Labute approximate surface area is 142 Å². The summed E-state index contributed by atoms with van der Waals surface area (Å²) in [6.45, 7) is 2.75. The number of carbonyl (C=O) groups is 1. The molecule has 1 atom stereocenters. The quantitative estimate of drug-likeness (QED) is 0.883. The first-order valence-corrected chi connectivity index (χ1v) is 8.04. The Morgan fingerprint density at radius 3 is 2.57 bits per heavy atom. The summed E-state index contributed by atoms with van der Waals surface area (Å²) in [5.41, 5.74) is 0.644. The summed E-state index contributed by atoms with van der Waals surface area (Å²) in [6.07, 6.45) is -0.621. The van der Waals surface area contributed by atoms with Gasteiger partial charge < -0.3 is 19.5 Å². The summed E-state index contributed by atoms with van der Waals surface area (Å²) in [6, 6.07) is 12.6. The Kier molecular flexibility index (Phi) is 4.71. The van der Waals surface area contributed by atoms with E-state index in [1.54, 1.807) is 37.3 Å². The standard InChI is InChI=1S/C17H16BrNO4/c1-11(23-14-5-2-12(18)3-6-14)17(20)19-13-4-7-15-16(10-13)22-9-8-21-15/h2-7,10-11H,8-9H2,1H3,(H,19,20)/t11-/m1/s1. The van der Waals surface area contributed by atoms with Gasteiger partial charge in [0.15, 0.2) is 17.6 Å². The smallest absolute Gasteiger partial charge is 0.265 e. The molecule has 3 rings (SSSR count). The van der Waals surface area contributed by atoms with Gasteiger partial charge in [-0.05, 0) is 43.3 Å². The lowest BCUT2D eigenvalue weighted by Crippen LogP contribution is -2.30. The van der Waals surface area contributed by atoms with E-state index in [9.17, 15) is 4.79 Å². The first kappa shape index (κ1) is 15.7. The van der Waals surface area contributed by atoms with E-state index in [0.717, 1.165) is 4.47 Å². The maximum atomic E-state index is 12.2. The summed E-state index contributed by atoms with van der Waals surface area (Å²) in [5.74, 6) is 1.73. The van der Waals surface area contributed by atoms with Crippen LogP contribution >= 0.6 is 15.9 Å². The molecule has 2 aromatic rings. The Morgan fingerprint density at radius 2 is 1.83 bits per heavy atom. The maximum absolute atomic E-state index is 12.2. The van der Waals surface area contributed by atoms with Crippen molar-refractivity contribution >= 4 is 27.5 Å². The zero-order valence-electron chi connectivity index (χ0n) is 12.5. The minimum absolute atomic E-state index is 0.232. The molecule has 1 aliphatic rings. The average molecular weight is 378 g/mol. The van der Waals surface area contributed by atoms with Crippen LogP contribution in [0.15, 0.2) is 46.9 Å². The summed E-state index contributed by atoms with van der Waals surface area (Å²) < 4.78 is 17.5. The van der Waals surface area contributed by atoms with E-state index in [-0.39, 0.29) is 5.91 Å². The van der Waals surface area contributed by atoms with Crippen LogP contribution in [-0.4, -0.2) is 25.2 Å². The van der Waals surface area contributed by atoms with Gasteiger partial charge in [-0.2, -0.15) is 0 Å². The van der Waals surface area contributed by atoms with Gasteiger partial charge in [-0.3, -0.25) is 4.79 Å². The Bertz CT molecular complexity index is 702. The highest BCUT2D eigenvalue weighted by atomic mass is 79.9. The largest absolute Gasteiger partial charge is 0.486 e. The third-order valence-electron chi connectivity index (χ3n) is 3.31. The lowest BCUT2D eigenvalue weighted by atomic mass is 10.2. The number of fused-ring (bicyclic) bond motifs is 1. The highest BCUT2D eigenvalue weighted by Crippen LogP contribution is 2.32. The van der Waals surface area contributed by atoms with Crippen molar-refractivity contribution < 1.29 is 19.0 Å². The molecule has 0 saturated heterocycles. The lowest BCUT2D eigenvalue weighted by molar-refractivity contribution is -0.122. The number of carbonyl (C=O) groups excluding carboxylic acids is 1. The van der Waals surface area contributed by atoms with Crippen molar-refractivity contribution in [3.05, 3.63) is 46.9 Å². The molecule has 2 aromatic carbocycles. The Morgan fingerprint density at radius 1 is 1.13 bits per heavy atom. The number of ether oxygens (including phenoxy) is 3. The fourth-order valence-electron chi connectivity index (χ4n) is 2.14. The zero-order valence-corrected chi connectivity index (χ0v) is 14.1. The molecule has 0 fully saturated rings. The van der Waals surface area contributed by atoms with E-state index in [4.69, 9.17) is 14.2 Å². The normalized spacial score (nSPS) is 14.0. The molecule has 5 nitrogen and oxygen atoms in total. The third kappa shape index (κ3) is 3.96.